The fraction of sp³-hybridized carbons (Fsp3) is 1.00. The summed E-state index contributed by atoms with van der Waals surface area (Å²) in [5, 5.41) is 0. The van der Waals surface area contributed by atoms with Crippen LogP contribution in [0.15, 0.2) is 0 Å². The largest absolute Gasteiger partial charge is 0.381 e. The first-order valence-corrected chi connectivity index (χ1v) is 6.78. The Hall–Kier alpha value is -0.120. The van der Waals surface area contributed by atoms with Crippen molar-refractivity contribution in [2.45, 2.75) is 32.6 Å². The summed E-state index contributed by atoms with van der Waals surface area (Å²) in [6, 6.07) is 0. The van der Waals surface area contributed by atoms with Gasteiger partial charge in [0.25, 0.3) is 0 Å². The number of ether oxygens (including phenoxy) is 1. The monoisotopic (exact) mass is 226 g/mol. The molecule has 0 bridgehead atoms. The van der Waals surface area contributed by atoms with Gasteiger partial charge < -0.3 is 15.4 Å². The molecular formula is C13H26N2O. The van der Waals surface area contributed by atoms with Crippen LogP contribution in [0.4, 0.5) is 0 Å². The molecule has 0 aromatic rings. The minimum absolute atomic E-state index is 0.348. The summed E-state index contributed by atoms with van der Waals surface area (Å²) in [4.78, 5) is 2.63. The van der Waals surface area contributed by atoms with Crippen LogP contribution in [0.3, 0.4) is 0 Å². The van der Waals surface area contributed by atoms with Crippen molar-refractivity contribution in [3.63, 3.8) is 0 Å². The van der Waals surface area contributed by atoms with Gasteiger partial charge >= 0.3 is 0 Å². The lowest BCUT2D eigenvalue weighted by Crippen LogP contribution is -2.45. The maximum Gasteiger partial charge on any atom is 0.0472 e. The molecule has 2 N–H and O–H groups in total. The Morgan fingerprint density at radius 3 is 2.69 bits per heavy atom. The highest BCUT2D eigenvalue weighted by Gasteiger charge is 2.35. The maximum atomic E-state index is 6.00. The predicted molar refractivity (Wildman–Crippen MR) is 66.4 cm³/mol. The van der Waals surface area contributed by atoms with Crippen LogP contribution in [0.1, 0.15) is 32.6 Å². The molecule has 0 aromatic heterocycles. The summed E-state index contributed by atoms with van der Waals surface area (Å²) >= 11 is 0. The minimum Gasteiger partial charge on any atom is -0.381 e. The van der Waals surface area contributed by atoms with Gasteiger partial charge in [0.1, 0.15) is 0 Å². The fourth-order valence-corrected chi connectivity index (χ4v) is 3.10. The SMILES string of the molecule is CCC1CCN(CC2(CN)CCOCC2)C1. The van der Waals surface area contributed by atoms with Crippen LogP contribution in [0.25, 0.3) is 0 Å². The molecule has 2 fully saturated rings. The van der Waals surface area contributed by atoms with Crippen LogP contribution in [0, 0.1) is 11.3 Å². The van der Waals surface area contributed by atoms with Gasteiger partial charge in [0, 0.05) is 26.3 Å². The summed E-state index contributed by atoms with van der Waals surface area (Å²) in [5.41, 5.74) is 6.35. The van der Waals surface area contributed by atoms with E-state index in [2.05, 4.69) is 11.8 Å². The topological polar surface area (TPSA) is 38.5 Å². The zero-order chi connectivity index (χ0) is 11.4. The molecule has 0 aliphatic carbocycles. The van der Waals surface area contributed by atoms with E-state index in [9.17, 15) is 0 Å². The molecule has 2 heterocycles. The molecule has 0 radical (unpaired) electrons. The molecule has 0 saturated carbocycles. The summed E-state index contributed by atoms with van der Waals surface area (Å²) in [6.45, 7) is 8.71. The third-order valence-corrected chi connectivity index (χ3v) is 4.49. The van der Waals surface area contributed by atoms with E-state index in [0.29, 0.717) is 5.41 Å². The highest BCUT2D eigenvalue weighted by Crippen LogP contribution is 2.32. The molecule has 2 aliphatic heterocycles. The average Bonchev–Trinajstić information content (AvgIpc) is 2.78. The Labute approximate surface area is 99.3 Å². The van der Waals surface area contributed by atoms with Gasteiger partial charge in [-0.2, -0.15) is 0 Å². The van der Waals surface area contributed by atoms with Crippen molar-refractivity contribution >= 4 is 0 Å². The highest BCUT2D eigenvalue weighted by molar-refractivity contribution is 4.88. The number of nitrogens with zero attached hydrogens (tertiary/aromatic N) is 1. The average molecular weight is 226 g/mol. The van der Waals surface area contributed by atoms with Crippen LogP contribution in [-0.4, -0.2) is 44.3 Å². The minimum atomic E-state index is 0.348. The molecule has 0 aromatic carbocycles. The van der Waals surface area contributed by atoms with Gasteiger partial charge in [0.15, 0.2) is 0 Å². The fourth-order valence-electron chi connectivity index (χ4n) is 3.10. The van der Waals surface area contributed by atoms with Gasteiger partial charge in [-0.05, 0) is 43.7 Å². The Morgan fingerprint density at radius 1 is 1.38 bits per heavy atom. The second-order valence-corrected chi connectivity index (χ2v) is 5.61. The molecule has 94 valence electrons. The molecular weight excluding hydrogens is 200 g/mol. The standard InChI is InChI=1S/C13H26N2O/c1-2-12-3-6-15(9-12)11-13(10-14)4-7-16-8-5-13/h12H,2-11,14H2,1H3. The molecule has 0 amide bonds. The first-order chi connectivity index (χ1) is 7.78. The smallest absolute Gasteiger partial charge is 0.0472 e. The Bertz CT molecular complexity index is 214. The van der Waals surface area contributed by atoms with Gasteiger partial charge in [-0.25, -0.2) is 0 Å². The number of nitrogens with two attached hydrogens (primary N) is 1. The van der Waals surface area contributed by atoms with Crippen LogP contribution < -0.4 is 5.73 Å². The maximum absolute atomic E-state index is 6.00. The van der Waals surface area contributed by atoms with Crippen LogP contribution in [-0.2, 0) is 4.74 Å². The number of rotatable bonds is 4. The van der Waals surface area contributed by atoms with Crippen molar-refractivity contribution in [3.05, 3.63) is 0 Å². The molecule has 3 nitrogen and oxygen atoms in total. The van der Waals surface area contributed by atoms with Gasteiger partial charge in [0.2, 0.25) is 0 Å². The van der Waals surface area contributed by atoms with E-state index in [-0.39, 0.29) is 0 Å². The zero-order valence-corrected chi connectivity index (χ0v) is 10.6. The first kappa shape index (κ1) is 12.3. The van der Waals surface area contributed by atoms with E-state index in [1.165, 1.54) is 32.5 Å². The molecule has 1 atom stereocenters. The Kier molecular flexibility index (Phi) is 4.22. The van der Waals surface area contributed by atoms with Crippen molar-refractivity contribution < 1.29 is 4.74 Å². The van der Waals surface area contributed by atoms with Crippen molar-refractivity contribution in [2.75, 3.05) is 39.4 Å². The molecule has 1 unspecified atom stereocenters. The van der Waals surface area contributed by atoms with Gasteiger partial charge in [-0.1, -0.05) is 13.3 Å². The van der Waals surface area contributed by atoms with E-state index in [0.717, 1.165) is 38.5 Å². The second kappa shape index (κ2) is 5.48. The quantitative estimate of drug-likeness (QED) is 0.789. The van der Waals surface area contributed by atoms with Gasteiger partial charge in [-0.3, -0.25) is 0 Å². The number of likely N-dealkylation sites (tertiary alicyclic amines) is 1. The Balaban J connectivity index is 1.86. The Morgan fingerprint density at radius 2 is 2.12 bits per heavy atom. The van der Waals surface area contributed by atoms with Gasteiger partial charge in [-0.15, -0.1) is 0 Å². The molecule has 2 rings (SSSR count). The van der Waals surface area contributed by atoms with Crippen molar-refractivity contribution in [3.8, 4) is 0 Å². The first-order valence-electron chi connectivity index (χ1n) is 6.78. The lowest BCUT2D eigenvalue weighted by molar-refractivity contribution is 0.00286. The predicted octanol–water partition coefficient (Wildman–Crippen LogP) is 1.47. The summed E-state index contributed by atoms with van der Waals surface area (Å²) in [7, 11) is 0. The lowest BCUT2D eigenvalue weighted by Gasteiger charge is -2.39. The molecule has 2 saturated heterocycles. The van der Waals surface area contributed by atoms with E-state index >= 15 is 0 Å². The van der Waals surface area contributed by atoms with Crippen LogP contribution in [0.5, 0.6) is 0 Å². The second-order valence-electron chi connectivity index (χ2n) is 5.61. The van der Waals surface area contributed by atoms with E-state index in [4.69, 9.17) is 10.5 Å². The number of hydrogen-bond acceptors (Lipinski definition) is 3. The summed E-state index contributed by atoms with van der Waals surface area (Å²) in [5.74, 6) is 0.926. The van der Waals surface area contributed by atoms with E-state index in [1.54, 1.807) is 0 Å². The van der Waals surface area contributed by atoms with Gasteiger partial charge in [0.05, 0.1) is 0 Å². The van der Waals surface area contributed by atoms with E-state index in [1.807, 2.05) is 0 Å². The van der Waals surface area contributed by atoms with Crippen molar-refractivity contribution in [2.24, 2.45) is 17.1 Å². The van der Waals surface area contributed by atoms with Crippen LogP contribution >= 0.6 is 0 Å². The third-order valence-electron chi connectivity index (χ3n) is 4.49. The molecule has 2 aliphatic rings. The number of hydrogen-bond donors (Lipinski definition) is 1. The summed E-state index contributed by atoms with van der Waals surface area (Å²) in [6.07, 6.45) is 5.01. The highest BCUT2D eigenvalue weighted by atomic mass is 16.5. The summed E-state index contributed by atoms with van der Waals surface area (Å²) < 4.78 is 5.46. The van der Waals surface area contributed by atoms with E-state index < -0.39 is 0 Å². The lowest BCUT2D eigenvalue weighted by atomic mass is 9.80. The molecule has 3 heteroatoms. The molecule has 16 heavy (non-hydrogen) atoms. The zero-order valence-electron chi connectivity index (χ0n) is 10.6. The molecule has 0 spiro atoms. The van der Waals surface area contributed by atoms with Crippen molar-refractivity contribution in [1.29, 1.82) is 0 Å². The third kappa shape index (κ3) is 2.76. The van der Waals surface area contributed by atoms with Crippen LogP contribution in [0.2, 0.25) is 0 Å². The van der Waals surface area contributed by atoms with Crippen molar-refractivity contribution in [1.82, 2.24) is 4.90 Å². The normalized spacial score (nSPS) is 30.8.